The van der Waals surface area contributed by atoms with E-state index in [0.717, 1.165) is 10.3 Å². The predicted octanol–water partition coefficient (Wildman–Crippen LogP) is 3.27. The minimum atomic E-state index is 0.182. The van der Waals surface area contributed by atoms with Gasteiger partial charge in [-0.3, -0.25) is 0 Å². The van der Waals surface area contributed by atoms with Crippen molar-refractivity contribution in [3.05, 3.63) is 16.7 Å². The van der Waals surface area contributed by atoms with Gasteiger partial charge in [-0.2, -0.15) is 0 Å². The Kier molecular flexibility index (Phi) is 3.60. The van der Waals surface area contributed by atoms with E-state index in [9.17, 15) is 0 Å². The smallest absolute Gasteiger partial charge is 0.149 e. The van der Waals surface area contributed by atoms with Crippen LogP contribution in [-0.2, 0) is 0 Å². The van der Waals surface area contributed by atoms with Gasteiger partial charge < -0.3 is 11.1 Å². The lowest BCUT2D eigenvalue weighted by atomic mass is 9.88. The third-order valence-electron chi connectivity index (χ3n) is 2.54. The van der Waals surface area contributed by atoms with Crippen molar-refractivity contribution in [2.24, 2.45) is 5.41 Å². The number of nitrogens with one attached hydrogen (secondary N) is 1. The molecule has 0 fully saturated rings. The zero-order valence-electron chi connectivity index (χ0n) is 9.63. The molecule has 0 aliphatic heterocycles. The van der Waals surface area contributed by atoms with Crippen molar-refractivity contribution in [3.8, 4) is 0 Å². The van der Waals surface area contributed by atoms with E-state index in [-0.39, 0.29) is 5.41 Å². The molecule has 1 aromatic rings. The van der Waals surface area contributed by atoms with Crippen LogP contribution >= 0.6 is 15.9 Å². The van der Waals surface area contributed by atoms with Crippen molar-refractivity contribution < 1.29 is 0 Å². The van der Waals surface area contributed by atoms with E-state index in [0.29, 0.717) is 11.7 Å². The lowest BCUT2D eigenvalue weighted by molar-refractivity contribution is 0.359. The fourth-order valence-corrected chi connectivity index (χ4v) is 1.35. The van der Waals surface area contributed by atoms with E-state index in [4.69, 9.17) is 5.73 Å². The third kappa shape index (κ3) is 3.38. The summed E-state index contributed by atoms with van der Waals surface area (Å²) in [7, 11) is 0. The second kappa shape index (κ2) is 4.39. The van der Waals surface area contributed by atoms with Gasteiger partial charge in [-0.25, -0.2) is 4.98 Å². The highest BCUT2D eigenvalue weighted by atomic mass is 79.9. The highest BCUT2D eigenvalue weighted by molar-refractivity contribution is 9.10. The number of nitrogen functional groups attached to an aromatic ring is 1. The summed E-state index contributed by atoms with van der Waals surface area (Å²) in [5.41, 5.74) is 6.71. The summed E-state index contributed by atoms with van der Waals surface area (Å²) < 4.78 is 0.897. The normalized spacial score (nSPS) is 13.7. The first-order valence-electron chi connectivity index (χ1n) is 4.98. The molecule has 84 valence electrons. The number of aromatic nitrogens is 1. The maximum absolute atomic E-state index is 5.86. The first kappa shape index (κ1) is 12.3. The summed E-state index contributed by atoms with van der Waals surface area (Å²) in [6, 6.07) is 2.17. The van der Waals surface area contributed by atoms with E-state index in [2.05, 4.69) is 53.9 Å². The average Bonchev–Trinajstić information content (AvgIpc) is 2.08. The van der Waals surface area contributed by atoms with Crippen LogP contribution in [0.25, 0.3) is 0 Å². The minimum absolute atomic E-state index is 0.182. The van der Waals surface area contributed by atoms with E-state index in [1.54, 1.807) is 6.20 Å². The first-order chi connectivity index (χ1) is 6.80. The number of nitrogens with two attached hydrogens (primary N) is 1. The molecule has 4 heteroatoms. The van der Waals surface area contributed by atoms with Crippen molar-refractivity contribution in [2.45, 2.75) is 33.7 Å². The summed E-state index contributed by atoms with van der Waals surface area (Å²) in [5, 5.41) is 3.32. The molecule has 3 nitrogen and oxygen atoms in total. The Hall–Kier alpha value is -0.770. The molecule has 0 bridgehead atoms. The fraction of sp³-hybridized carbons (Fsp3) is 0.545. The Balaban J connectivity index is 2.82. The second-order valence-corrected chi connectivity index (χ2v) is 5.74. The van der Waals surface area contributed by atoms with Gasteiger partial charge in [0.25, 0.3) is 0 Å². The molecule has 0 aliphatic carbocycles. The third-order valence-corrected chi connectivity index (χ3v) is 2.97. The standard InChI is InChI=1S/C11H18BrN3/c1-7(11(2,3)4)15-10-9(13)5-8(12)6-14-10/h5-7H,13H2,1-4H3,(H,14,15). The van der Waals surface area contributed by atoms with E-state index in [1.807, 2.05) is 6.07 Å². The zero-order chi connectivity index (χ0) is 11.6. The molecule has 1 aromatic heterocycles. The van der Waals surface area contributed by atoms with Gasteiger partial charge >= 0.3 is 0 Å². The predicted molar refractivity (Wildman–Crippen MR) is 68.9 cm³/mol. The Morgan fingerprint density at radius 1 is 1.47 bits per heavy atom. The molecule has 0 spiro atoms. The monoisotopic (exact) mass is 271 g/mol. The number of nitrogens with zero attached hydrogens (tertiary/aromatic N) is 1. The van der Waals surface area contributed by atoms with Crippen LogP contribution in [0.2, 0.25) is 0 Å². The number of hydrogen-bond acceptors (Lipinski definition) is 3. The topological polar surface area (TPSA) is 50.9 Å². The number of pyridine rings is 1. The van der Waals surface area contributed by atoms with Gasteiger partial charge in [0.1, 0.15) is 5.82 Å². The van der Waals surface area contributed by atoms with Crippen molar-refractivity contribution >= 4 is 27.4 Å². The SMILES string of the molecule is CC(Nc1ncc(Br)cc1N)C(C)(C)C. The first-order valence-corrected chi connectivity index (χ1v) is 5.77. The minimum Gasteiger partial charge on any atom is -0.396 e. The Labute approximate surface area is 99.6 Å². The molecule has 1 rings (SSSR count). The molecule has 15 heavy (non-hydrogen) atoms. The quantitative estimate of drug-likeness (QED) is 0.868. The Morgan fingerprint density at radius 3 is 2.53 bits per heavy atom. The van der Waals surface area contributed by atoms with Crippen molar-refractivity contribution in [2.75, 3.05) is 11.1 Å². The van der Waals surface area contributed by atoms with Crippen molar-refractivity contribution in [1.82, 2.24) is 4.98 Å². The number of rotatable bonds is 2. The van der Waals surface area contributed by atoms with Gasteiger partial charge in [0.15, 0.2) is 0 Å². The molecule has 0 aliphatic rings. The summed E-state index contributed by atoms with van der Waals surface area (Å²) in [6.45, 7) is 8.67. The van der Waals surface area contributed by atoms with E-state index < -0.39 is 0 Å². The van der Waals surface area contributed by atoms with Crippen molar-refractivity contribution in [1.29, 1.82) is 0 Å². The van der Waals surface area contributed by atoms with E-state index >= 15 is 0 Å². The zero-order valence-corrected chi connectivity index (χ0v) is 11.2. The molecule has 0 aromatic carbocycles. The molecular weight excluding hydrogens is 254 g/mol. The maximum Gasteiger partial charge on any atom is 0.149 e. The van der Waals surface area contributed by atoms with Crippen LogP contribution in [-0.4, -0.2) is 11.0 Å². The molecule has 0 radical (unpaired) electrons. The Bertz CT molecular complexity index is 344. The van der Waals surface area contributed by atoms with Crippen LogP contribution in [0.5, 0.6) is 0 Å². The molecule has 3 N–H and O–H groups in total. The van der Waals surface area contributed by atoms with Crippen LogP contribution in [0.1, 0.15) is 27.7 Å². The fourth-order valence-electron chi connectivity index (χ4n) is 0.997. The molecule has 1 atom stereocenters. The number of halogens is 1. The van der Waals surface area contributed by atoms with Gasteiger partial charge in [0.05, 0.1) is 5.69 Å². The maximum atomic E-state index is 5.86. The summed E-state index contributed by atoms with van der Waals surface area (Å²) in [6.07, 6.45) is 1.74. The largest absolute Gasteiger partial charge is 0.396 e. The van der Waals surface area contributed by atoms with Gasteiger partial charge in [-0.1, -0.05) is 20.8 Å². The lowest BCUT2D eigenvalue weighted by Gasteiger charge is -2.28. The second-order valence-electron chi connectivity index (χ2n) is 4.82. The molecule has 0 saturated carbocycles. The summed E-state index contributed by atoms with van der Waals surface area (Å²) in [4.78, 5) is 4.25. The van der Waals surface area contributed by atoms with Gasteiger partial charge in [0.2, 0.25) is 0 Å². The molecule has 1 heterocycles. The number of anilines is 2. The van der Waals surface area contributed by atoms with Crippen LogP contribution in [0.4, 0.5) is 11.5 Å². The van der Waals surface area contributed by atoms with Crippen LogP contribution < -0.4 is 11.1 Å². The molecular formula is C11H18BrN3. The van der Waals surface area contributed by atoms with Crippen molar-refractivity contribution in [3.63, 3.8) is 0 Å². The summed E-state index contributed by atoms with van der Waals surface area (Å²) in [5.74, 6) is 0.751. The molecule has 1 unspecified atom stereocenters. The van der Waals surface area contributed by atoms with Crippen LogP contribution in [0.3, 0.4) is 0 Å². The highest BCUT2D eigenvalue weighted by Crippen LogP contribution is 2.25. The van der Waals surface area contributed by atoms with E-state index in [1.165, 1.54) is 0 Å². The summed E-state index contributed by atoms with van der Waals surface area (Å²) >= 11 is 3.33. The van der Waals surface area contributed by atoms with Gasteiger partial charge in [0, 0.05) is 16.7 Å². The number of hydrogen-bond donors (Lipinski definition) is 2. The highest BCUT2D eigenvalue weighted by Gasteiger charge is 2.20. The molecule has 0 amide bonds. The average molecular weight is 272 g/mol. The van der Waals surface area contributed by atoms with Crippen LogP contribution in [0, 0.1) is 5.41 Å². The van der Waals surface area contributed by atoms with Crippen LogP contribution in [0.15, 0.2) is 16.7 Å². The van der Waals surface area contributed by atoms with Gasteiger partial charge in [-0.15, -0.1) is 0 Å². The van der Waals surface area contributed by atoms with Gasteiger partial charge in [-0.05, 0) is 34.3 Å². The Morgan fingerprint density at radius 2 is 2.07 bits per heavy atom. The lowest BCUT2D eigenvalue weighted by Crippen LogP contribution is -2.31. The molecule has 0 saturated heterocycles.